The molecule has 0 aliphatic heterocycles. The molecule has 1 aromatic rings. The minimum atomic E-state index is 0.251. The van der Waals surface area contributed by atoms with Gasteiger partial charge in [-0.2, -0.15) is 0 Å². The van der Waals surface area contributed by atoms with Gasteiger partial charge in [0.25, 0.3) is 0 Å². The summed E-state index contributed by atoms with van der Waals surface area (Å²) in [6, 6.07) is 6.60. The first kappa shape index (κ1) is 15.2. The SMILES string of the molecule is Cc1ccc(CNCC(C)(C)CCCO)c(C)c1. The number of rotatable bonds is 7. The molecule has 0 atom stereocenters. The van der Waals surface area contributed by atoms with Crippen LogP contribution in [0.15, 0.2) is 18.2 Å². The summed E-state index contributed by atoms with van der Waals surface area (Å²) in [5.74, 6) is 0. The highest BCUT2D eigenvalue weighted by Gasteiger charge is 2.16. The van der Waals surface area contributed by atoms with Crippen molar-refractivity contribution in [3.05, 3.63) is 34.9 Å². The summed E-state index contributed by atoms with van der Waals surface area (Å²) in [5.41, 5.74) is 4.30. The summed E-state index contributed by atoms with van der Waals surface area (Å²) in [5, 5.41) is 12.4. The van der Waals surface area contributed by atoms with Gasteiger partial charge in [-0.1, -0.05) is 37.6 Å². The third-order valence-electron chi connectivity index (χ3n) is 3.43. The molecule has 0 spiro atoms. The molecule has 0 saturated carbocycles. The summed E-state index contributed by atoms with van der Waals surface area (Å²) >= 11 is 0. The quantitative estimate of drug-likeness (QED) is 0.778. The van der Waals surface area contributed by atoms with Crippen LogP contribution in [0.2, 0.25) is 0 Å². The summed E-state index contributed by atoms with van der Waals surface area (Å²) in [6.45, 7) is 11.0. The van der Waals surface area contributed by atoms with Crippen LogP contribution >= 0.6 is 0 Å². The van der Waals surface area contributed by atoms with Crippen LogP contribution in [0.5, 0.6) is 0 Å². The Bertz CT molecular complexity index is 371. The fourth-order valence-electron chi connectivity index (χ4n) is 2.23. The number of hydrogen-bond donors (Lipinski definition) is 2. The van der Waals surface area contributed by atoms with Crippen LogP contribution in [0.25, 0.3) is 0 Å². The van der Waals surface area contributed by atoms with Gasteiger partial charge in [-0.25, -0.2) is 0 Å². The van der Waals surface area contributed by atoms with Gasteiger partial charge in [0.1, 0.15) is 0 Å². The van der Waals surface area contributed by atoms with Gasteiger partial charge in [0, 0.05) is 19.7 Å². The van der Waals surface area contributed by atoms with E-state index in [0.29, 0.717) is 6.61 Å². The van der Waals surface area contributed by atoms with E-state index < -0.39 is 0 Å². The Morgan fingerprint density at radius 3 is 2.56 bits per heavy atom. The van der Waals surface area contributed by atoms with Crippen LogP contribution in [0.1, 0.15) is 43.4 Å². The number of benzene rings is 1. The van der Waals surface area contributed by atoms with Gasteiger partial charge >= 0.3 is 0 Å². The van der Waals surface area contributed by atoms with Crippen LogP contribution in [0, 0.1) is 19.3 Å². The Morgan fingerprint density at radius 2 is 1.94 bits per heavy atom. The second kappa shape index (κ2) is 6.91. The molecular formula is C16H27NO. The van der Waals surface area contributed by atoms with E-state index in [1.165, 1.54) is 16.7 Å². The predicted molar refractivity (Wildman–Crippen MR) is 77.7 cm³/mol. The number of aryl methyl sites for hydroxylation is 2. The molecule has 0 amide bonds. The van der Waals surface area contributed by atoms with E-state index in [9.17, 15) is 0 Å². The fraction of sp³-hybridized carbons (Fsp3) is 0.625. The van der Waals surface area contributed by atoms with Crippen LogP contribution in [0.3, 0.4) is 0 Å². The minimum absolute atomic E-state index is 0.251. The monoisotopic (exact) mass is 249 g/mol. The number of hydrogen-bond acceptors (Lipinski definition) is 2. The zero-order valence-corrected chi connectivity index (χ0v) is 12.2. The highest BCUT2D eigenvalue weighted by Crippen LogP contribution is 2.21. The summed E-state index contributed by atoms with van der Waals surface area (Å²) in [4.78, 5) is 0. The zero-order chi connectivity index (χ0) is 13.6. The minimum Gasteiger partial charge on any atom is -0.396 e. The topological polar surface area (TPSA) is 32.3 Å². The van der Waals surface area contributed by atoms with Crippen molar-refractivity contribution >= 4 is 0 Å². The number of nitrogens with one attached hydrogen (secondary N) is 1. The van der Waals surface area contributed by atoms with Crippen molar-refractivity contribution in [2.45, 2.75) is 47.1 Å². The van der Waals surface area contributed by atoms with Gasteiger partial charge in [0.05, 0.1) is 0 Å². The largest absolute Gasteiger partial charge is 0.396 e. The molecule has 0 aromatic heterocycles. The Balaban J connectivity index is 2.41. The first-order valence-corrected chi connectivity index (χ1v) is 6.82. The van der Waals surface area contributed by atoms with Crippen LogP contribution in [-0.2, 0) is 6.54 Å². The molecule has 1 rings (SSSR count). The molecule has 2 nitrogen and oxygen atoms in total. The van der Waals surface area contributed by atoms with Gasteiger partial charge in [-0.05, 0) is 43.2 Å². The first-order chi connectivity index (χ1) is 8.44. The van der Waals surface area contributed by atoms with Crippen LogP contribution in [0.4, 0.5) is 0 Å². The van der Waals surface area contributed by atoms with E-state index in [2.05, 4.69) is 51.2 Å². The molecule has 0 radical (unpaired) electrons. The Kier molecular flexibility index (Phi) is 5.83. The molecule has 102 valence electrons. The maximum Gasteiger partial charge on any atom is 0.0431 e. The number of aliphatic hydroxyl groups is 1. The Morgan fingerprint density at radius 1 is 1.22 bits per heavy atom. The lowest BCUT2D eigenvalue weighted by Gasteiger charge is -2.25. The van der Waals surface area contributed by atoms with Crippen molar-refractivity contribution in [3.63, 3.8) is 0 Å². The Labute approximate surface area is 111 Å². The lowest BCUT2D eigenvalue weighted by atomic mass is 9.88. The van der Waals surface area contributed by atoms with Crippen molar-refractivity contribution < 1.29 is 5.11 Å². The number of aliphatic hydroxyl groups excluding tert-OH is 1. The summed E-state index contributed by atoms with van der Waals surface area (Å²) in [6.07, 6.45) is 1.95. The first-order valence-electron chi connectivity index (χ1n) is 6.82. The fourth-order valence-corrected chi connectivity index (χ4v) is 2.23. The summed E-state index contributed by atoms with van der Waals surface area (Å²) in [7, 11) is 0. The van der Waals surface area contributed by atoms with Gasteiger partial charge < -0.3 is 10.4 Å². The molecule has 0 heterocycles. The molecule has 18 heavy (non-hydrogen) atoms. The summed E-state index contributed by atoms with van der Waals surface area (Å²) < 4.78 is 0. The smallest absolute Gasteiger partial charge is 0.0431 e. The van der Waals surface area contributed by atoms with Crippen molar-refractivity contribution in [3.8, 4) is 0 Å². The average Bonchev–Trinajstić information content (AvgIpc) is 2.29. The van der Waals surface area contributed by atoms with Crippen LogP contribution in [-0.4, -0.2) is 18.3 Å². The highest BCUT2D eigenvalue weighted by molar-refractivity contribution is 5.30. The predicted octanol–water partition coefficient (Wildman–Crippen LogP) is 3.19. The van der Waals surface area contributed by atoms with E-state index in [4.69, 9.17) is 5.11 Å². The normalized spacial score (nSPS) is 11.8. The van der Waals surface area contributed by atoms with E-state index in [1.54, 1.807) is 0 Å². The van der Waals surface area contributed by atoms with Crippen molar-refractivity contribution in [1.82, 2.24) is 5.32 Å². The van der Waals surface area contributed by atoms with Crippen molar-refractivity contribution in [2.24, 2.45) is 5.41 Å². The van der Waals surface area contributed by atoms with Crippen LogP contribution < -0.4 is 5.32 Å². The van der Waals surface area contributed by atoms with Crippen molar-refractivity contribution in [2.75, 3.05) is 13.2 Å². The molecule has 0 saturated heterocycles. The van der Waals surface area contributed by atoms with Gasteiger partial charge in [-0.3, -0.25) is 0 Å². The molecule has 0 fully saturated rings. The van der Waals surface area contributed by atoms with Gasteiger partial charge in [0.2, 0.25) is 0 Å². The standard InChI is InChI=1S/C16H27NO/c1-13-6-7-15(14(2)10-13)11-17-12-16(3,4)8-5-9-18/h6-7,10,17-18H,5,8-9,11-12H2,1-4H3. The molecule has 0 unspecified atom stereocenters. The molecule has 0 aliphatic rings. The highest BCUT2D eigenvalue weighted by atomic mass is 16.2. The molecular weight excluding hydrogens is 222 g/mol. The van der Waals surface area contributed by atoms with Crippen molar-refractivity contribution in [1.29, 1.82) is 0 Å². The van der Waals surface area contributed by atoms with E-state index in [0.717, 1.165) is 25.9 Å². The van der Waals surface area contributed by atoms with Gasteiger partial charge in [0.15, 0.2) is 0 Å². The maximum atomic E-state index is 8.87. The molecule has 2 heteroatoms. The molecule has 0 aliphatic carbocycles. The molecule has 0 bridgehead atoms. The third-order valence-corrected chi connectivity index (χ3v) is 3.43. The van der Waals surface area contributed by atoms with E-state index >= 15 is 0 Å². The lowest BCUT2D eigenvalue weighted by Crippen LogP contribution is -2.29. The third kappa shape index (κ3) is 5.19. The maximum absolute atomic E-state index is 8.87. The Hall–Kier alpha value is -0.860. The second-order valence-electron chi connectivity index (χ2n) is 6.02. The zero-order valence-electron chi connectivity index (χ0n) is 12.2. The van der Waals surface area contributed by atoms with E-state index in [1.807, 2.05) is 0 Å². The average molecular weight is 249 g/mol. The molecule has 1 aromatic carbocycles. The van der Waals surface area contributed by atoms with Gasteiger partial charge in [-0.15, -0.1) is 0 Å². The van der Waals surface area contributed by atoms with E-state index in [-0.39, 0.29) is 5.41 Å². The molecule has 2 N–H and O–H groups in total. The lowest BCUT2D eigenvalue weighted by molar-refractivity contribution is 0.236. The second-order valence-corrected chi connectivity index (χ2v) is 6.02.